The molecule has 24 heavy (non-hydrogen) atoms. The van der Waals surface area contributed by atoms with Crippen molar-refractivity contribution in [2.24, 2.45) is 5.41 Å². The number of fused-ring (bicyclic) bond motifs is 1. The zero-order valence-electron chi connectivity index (χ0n) is 14.4. The van der Waals surface area contributed by atoms with Gasteiger partial charge >= 0.3 is 0 Å². The van der Waals surface area contributed by atoms with Gasteiger partial charge in [0.15, 0.2) is 11.5 Å². The number of hydrogen-bond donors (Lipinski definition) is 0. The summed E-state index contributed by atoms with van der Waals surface area (Å²) in [5.74, 6) is 1.30. The third-order valence-electron chi connectivity index (χ3n) is 4.04. The first kappa shape index (κ1) is 16.4. The van der Waals surface area contributed by atoms with Crippen LogP contribution in [-0.4, -0.2) is 31.1 Å². The molecule has 1 heterocycles. The summed E-state index contributed by atoms with van der Waals surface area (Å²) >= 11 is 0. The van der Waals surface area contributed by atoms with E-state index in [1.165, 1.54) is 0 Å². The van der Waals surface area contributed by atoms with Crippen molar-refractivity contribution in [3.05, 3.63) is 59.7 Å². The zero-order chi connectivity index (χ0) is 17.2. The molecule has 2 aromatic rings. The van der Waals surface area contributed by atoms with Crippen molar-refractivity contribution in [1.82, 2.24) is 4.90 Å². The minimum Gasteiger partial charge on any atom is -0.489 e. The lowest BCUT2D eigenvalue weighted by atomic mass is 9.97. The van der Waals surface area contributed by atoms with Crippen molar-refractivity contribution in [3.63, 3.8) is 0 Å². The normalized spacial score (nSPS) is 15.5. The third-order valence-corrected chi connectivity index (χ3v) is 4.04. The molecule has 1 aliphatic heterocycles. The Labute approximate surface area is 143 Å². The summed E-state index contributed by atoms with van der Waals surface area (Å²) in [5, 5.41) is 0. The molecule has 0 N–H and O–H groups in total. The number of nitrogens with zero attached hydrogens (tertiary/aromatic N) is 1. The first-order valence-corrected chi connectivity index (χ1v) is 8.14. The standard InChI is InChI=1S/C20H23NO3/c1-20(2)13-23-17-10-9-16(11-18(17)24-14-20)19(22)21(3)12-15-7-5-4-6-8-15/h4-11H,12-14H2,1-3H3. The molecule has 0 aromatic heterocycles. The van der Waals surface area contributed by atoms with Crippen LogP contribution in [0, 0.1) is 5.41 Å². The Kier molecular flexibility index (Phi) is 4.47. The van der Waals surface area contributed by atoms with Crippen LogP contribution < -0.4 is 9.47 Å². The van der Waals surface area contributed by atoms with Gasteiger partial charge in [-0.1, -0.05) is 44.2 Å². The van der Waals surface area contributed by atoms with Crippen LogP contribution in [0.3, 0.4) is 0 Å². The summed E-state index contributed by atoms with van der Waals surface area (Å²) in [5.41, 5.74) is 1.66. The highest BCUT2D eigenvalue weighted by Gasteiger charge is 2.26. The van der Waals surface area contributed by atoms with Gasteiger partial charge in [-0.25, -0.2) is 0 Å². The second kappa shape index (κ2) is 6.56. The smallest absolute Gasteiger partial charge is 0.254 e. The lowest BCUT2D eigenvalue weighted by molar-refractivity contribution is 0.0784. The summed E-state index contributed by atoms with van der Waals surface area (Å²) in [7, 11) is 1.81. The largest absolute Gasteiger partial charge is 0.489 e. The van der Waals surface area contributed by atoms with Gasteiger partial charge in [0.2, 0.25) is 0 Å². The van der Waals surface area contributed by atoms with Gasteiger partial charge < -0.3 is 14.4 Å². The van der Waals surface area contributed by atoms with Crippen molar-refractivity contribution in [3.8, 4) is 11.5 Å². The van der Waals surface area contributed by atoms with E-state index in [4.69, 9.17) is 9.47 Å². The summed E-state index contributed by atoms with van der Waals surface area (Å²) in [6.07, 6.45) is 0. The third kappa shape index (κ3) is 3.70. The molecule has 0 bridgehead atoms. The van der Waals surface area contributed by atoms with Crippen molar-refractivity contribution in [2.75, 3.05) is 20.3 Å². The van der Waals surface area contributed by atoms with E-state index in [1.807, 2.05) is 43.4 Å². The molecule has 4 heteroatoms. The average molecular weight is 325 g/mol. The lowest BCUT2D eigenvalue weighted by Gasteiger charge is -2.19. The van der Waals surface area contributed by atoms with Crippen LogP contribution in [0.2, 0.25) is 0 Å². The van der Waals surface area contributed by atoms with Crippen molar-refractivity contribution in [1.29, 1.82) is 0 Å². The van der Waals surface area contributed by atoms with Gasteiger partial charge in [-0.15, -0.1) is 0 Å². The molecule has 0 saturated heterocycles. The number of benzene rings is 2. The van der Waals surface area contributed by atoms with E-state index in [0.717, 1.165) is 5.56 Å². The number of carbonyl (C=O) groups is 1. The van der Waals surface area contributed by atoms with Crippen LogP contribution in [0.1, 0.15) is 29.8 Å². The summed E-state index contributed by atoms with van der Waals surface area (Å²) in [4.78, 5) is 14.4. The molecule has 4 nitrogen and oxygen atoms in total. The Morgan fingerprint density at radius 1 is 1.04 bits per heavy atom. The first-order chi connectivity index (χ1) is 11.4. The lowest BCUT2D eigenvalue weighted by Crippen LogP contribution is -2.26. The fourth-order valence-electron chi connectivity index (χ4n) is 2.61. The number of rotatable bonds is 3. The van der Waals surface area contributed by atoms with Crippen molar-refractivity contribution < 1.29 is 14.3 Å². The highest BCUT2D eigenvalue weighted by Crippen LogP contribution is 2.34. The van der Waals surface area contributed by atoms with Crippen LogP contribution in [0.4, 0.5) is 0 Å². The van der Waals surface area contributed by atoms with Gasteiger partial charge in [0.05, 0.1) is 13.2 Å². The van der Waals surface area contributed by atoms with Crippen molar-refractivity contribution in [2.45, 2.75) is 20.4 Å². The number of amides is 1. The summed E-state index contributed by atoms with van der Waals surface area (Å²) in [6, 6.07) is 15.3. The number of ether oxygens (including phenoxy) is 2. The van der Waals surface area contributed by atoms with E-state index in [0.29, 0.717) is 36.8 Å². The fourth-order valence-corrected chi connectivity index (χ4v) is 2.61. The number of carbonyl (C=O) groups excluding carboxylic acids is 1. The Morgan fingerprint density at radius 3 is 2.42 bits per heavy atom. The van der Waals surface area contributed by atoms with E-state index >= 15 is 0 Å². The second-order valence-electron chi connectivity index (χ2n) is 7.05. The SMILES string of the molecule is CN(Cc1ccccc1)C(=O)c1ccc2c(c1)OCC(C)(C)CO2. The maximum absolute atomic E-state index is 12.7. The molecule has 3 rings (SSSR count). The van der Waals surface area contributed by atoms with Crippen LogP contribution in [-0.2, 0) is 6.54 Å². The second-order valence-corrected chi connectivity index (χ2v) is 7.05. The molecular weight excluding hydrogens is 302 g/mol. The Morgan fingerprint density at radius 2 is 1.71 bits per heavy atom. The van der Waals surface area contributed by atoms with Gasteiger partial charge in [0.1, 0.15) is 0 Å². The fraction of sp³-hybridized carbons (Fsp3) is 0.350. The maximum atomic E-state index is 12.7. The van der Waals surface area contributed by atoms with Crippen molar-refractivity contribution >= 4 is 5.91 Å². The molecule has 0 radical (unpaired) electrons. The van der Waals surface area contributed by atoms with Crippen LogP contribution in [0.15, 0.2) is 48.5 Å². The molecule has 2 aromatic carbocycles. The molecule has 0 spiro atoms. The van der Waals surface area contributed by atoms with Crippen LogP contribution in [0.5, 0.6) is 11.5 Å². The maximum Gasteiger partial charge on any atom is 0.254 e. The highest BCUT2D eigenvalue weighted by atomic mass is 16.5. The minimum absolute atomic E-state index is 0.0336. The van der Waals surface area contributed by atoms with Crippen LogP contribution in [0.25, 0.3) is 0 Å². The van der Waals surface area contributed by atoms with Gasteiger partial charge in [-0.05, 0) is 23.8 Å². The van der Waals surface area contributed by atoms with Crippen LogP contribution >= 0.6 is 0 Å². The van der Waals surface area contributed by atoms with Gasteiger partial charge in [-0.2, -0.15) is 0 Å². The van der Waals surface area contributed by atoms with E-state index in [2.05, 4.69) is 13.8 Å². The Balaban J connectivity index is 1.75. The molecular formula is C20H23NO3. The monoisotopic (exact) mass is 325 g/mol. The quantitative estimate of drug-likeness (QED) is 0.862. The van der Waals surface area contributed by atoms with Gasteiger partial charge in [-0.3, -0.25) is 4.79 Å². The topological polar surface area (TPSA) is 38.8 Å². The minimum atomic E-state index is -0.0483. The van der Waals surface area contributed by atoms with E-state index in [9.17, 15) is 4.79 Å². The highest BCUT2D eigenvalue weighted by molar-refractivity contribution is 5.94. The molecule has 0 unspecified atom stereocenters. The predicted octanol–water partition coefficient (Wildman–Crippen LogP) is 3.76. The summed E-state index contributed by atoms with van der Waals surface area (Å²) < 4.78 is 11.7. The predicted molar refractivity (Wildman–Crippen MR) is 93.5 cm³/mol. The van der Waals surface area contributed by atoms with E-state index in [1.54, 1.807) is 17.0 Å². The Hall–Kier alpha value is -2.49. The van der Waals surface area contributed by atoms with E-state index < -0.39 is 0 Å². The van der Waals surface area contributed by atoms with Gasteiger partial charge in [0, 0.05) is 24.6 Å². The van der Waals surface area contributed by atoms with E-state index in [-0.39, 0.29) is 11.3 Å². The molecule has 0 atom stereocenters. The van der Waals surface area contributed by atoms with Gasteiger partial charge in [0.25, 0.3) is 5.91 Å². The Bertz CT molecular complexity index is 725. The zero-order valence-corrected chi connectivity index (χ0v) is 14.4. The first-order valence-electron chi connectivity index (χ1n) is 8.14. The molecule has 126 valence electrons. The molecule has 1 aliphatic rings. The molecule has 0 aliphatic carbocycles. The summed E-state index contributed by atoms with van der Waals surface area (Å²) in [6.45, 7) is 5.93. The number of hydrogen-bond acceptors (Lipinski definition) is 3. The molecule has 0 fully saturated rings. The average Bonchev–Trinajstić information content (AvgIpc) is 2.73. The molecule has 1 amide bonds. The molecule has 0 saturated carbocycles.